The fraction of sp³-hybridized carbons (Fsp3) is 0.950. The fourth-order valence-corrected chi connectivity index (χ4v) is 6.84. The highest BCUT2D eigenvalue weighted by molar-refractivity contribution is 7.99. The number of hydrogen-bond acceptors (Lipinski definition) is 5. The Morgan fingerprint density at radius 1 is 0.972 bits per heavy atom. The number of rotatable bonds is 7. The van der Waals surface area contributed by atoms with Gasteiger partial charge in [0.15, 0.2) is 25.9 Å². The highest BCUT2D eigenvalue weighted by atomic mass is 32.2. The molecule has 1 saturated heterocycles. The molecule has 1 aliphatic rings. The van der Waals surface area contributed by atoms with Crippen molar-refractivity contribution in [2.45, 2.75) is 101 Å². The summed E-state index contributed by atoms with van der Waals surface area (Å²) < 4.78 is 141. The lowest BCUT2D eigenvalue weighted by molar-refractivity contribution is -0.382. The Balaban J connectivity index is 0.000000686. The fourth-order valence-electron chi connectivity index (χ4n) is 3.12. The molecule has 1 fully saturated rings. The maximum Gasteiger partial charge on any atom is 0.460 e. The van der Waals surface area contributed by atoms with Gasteiger partial charge < -0.3 is 9.29 Å². The zero-order valence-electron chi connectivity index (χ0n) is 21.0. The van der Waals surface area contributed by atoms with Gasteiger partial charge in [-0.1, -0.05) is 20.8 Å². The van der Waals surface area contributed by atoms with Gasteiger partial charge in [0.05, 0.1) is 6.61 Å². The third kappa shape index (κ3) is 6.28. The van der Waals surface area contributed by atoms with Gasteiger partial charge in [-0.15, -0.1) is 0 Å². The van der Waals surface area contributed by atoms with Crippen molar-refractivity contribution in [1.82, 2.24) is 0 Å². The first-order valence-electron chi connectivity index (χ1n) is 10.5. The highest BCUT2D eigenvalue weighted by Gasteiger charge is 2.83. The lowest BCUT2D eigenvalue weighted by Crippen LogP contribution is -2.63. The van der Waals surface area contributed by atoms with Crippen LogP contribution in [0.2, 0.25) is 0 Å². The first-order chi connectivity index (χ1) is 15.5. The van der Waals surface area contributed by atoms with Crippen LogP contribution in [0.15, 0.2) is 0 Å². The van der Waals surface area contributed by atoms with Crippen LogP contribution in [0.4, 0.5) is 39.5 Å². The first-order valence-corrected chi connectivity index (χ1v) is 13.4. The maximum atomic E-state index is 12.8. The van der Waals surface area contributed by atoms with E-state index in [1.54, 1.807) is 0 Å². The quantitative estimate of drug-likeness (QED) is 0.222. The normalized spacial score (nSPS) is 22.3. The van der Waals surface area contributed by atoms with Crippen LogP contribution >= 0.6 is 0 Å². The Morgan fingerprint density at radius 2 is 1.39 bits per heavy atom. The summed E-state index contributed by atoms with van der Waals surface area (Å²) in [6.07, 6.45) is -6.25. The van der Waals surface area contributed by atoms with Crippen molar-refractivity contribution in [3.8, 4) is 0 Å². The lowest BCUT2D eigenvalue weighted by Gasteiger charge is -2.45. The molecule has 1 heterocycles. The molecule has 2 atom stereocenters. The molecule has 0 radical (unpaired) electrons. The molecule has 216 valence electrons. The standard InChI is InChI=1S/C16H31O2S.C4HF9O3S/c1-9-14(3,4)13(17)12(2)19-11-10-18-15(5,6)16(19,7)8;5-1(6,3(9,10)11)2(7,8)4(12,13)17(14,15)16/h12H,9-11H2,1-8H3;(H,14,15,16)/q+1;/p-1. The van der Waals surface area contributed by atoms with Crippen molar-refractivity contribution < 1.29 is 62.0 Å². The second-order valence-corrected chi connectivity index (χ2v) is 14.3. The molecule has 0 aromatic heterocycles. The number of ether oxygens (including phenoxy) is 1. The van der Waals surface area contributed by atoms with E-state index in [-0.39, 0.29) is 31.9 Å². The molecule has 1 aliphatic heterocycles. The van der Waals surface area contributed by atoms with Crippen LogP contribution in [0.3, 0.4) is 0 Å². The van der Waals surface area contributed by atoms with E-state index >= 15 is 0 Å². The molecular formula is C20H31F9O5S2. The summed E-state index contributed by atoms with van der Waals surface area (Å²) in [5.41, 5.74) is -0.357. The van der Waals surface area contributed by atoms with E-state index in [2.05, 4.69) is 55.4 Å². The average Bonchev–Trinajstić information content (AvgIpc) is 2.67. The molecule has 0 amide bonds. The van der Waals surface area contributed by atoms with E-state index in [1.165, 1.54) is 0 Å². The molecule has 0 N–H and O–H groups in total. The molecule has 0 aliphatic carbocycles. The van der Waals surface area contributed by atoms with Crippen molar-refractivity contribution in [2.24, 2.45) is 5.41 Å². The number of alkyl halides is 9. The Bertz CT molecular complexity index is 898. The predicted octanol–water partition coefficient (Wildman–Crippen LogP) is 5.54. The molecule has 0 saturated carbocycles. The van der Waals surface area contributed by atoms with Crippen LogP contribution in [-0.2, 0) is 30.5 Å². The molecule has 5 nitrogen and oxygen atoms in total. The minimum Gasteiger partial charge on any atom is -0.743 e. The third-order valence-electron chi connectivity index (χ3n) is 6.65. The van der Waals surface area contributed by atoms with Gasteiger partial charge in [0.1, 0.15) is 11.4 Å². The van der Waals surface area contributed by atoms with Crippen molar-refractivity contribution in [3.05, 3.63) is 0 Å². The molecule has 0 bridgehead atoms. The Kier molecular flexibility index (Phi) is 10.2. The molecule has 0 aromatic carbocycles. The summed E-state index contributed by atoms with van der Waals surface area (Å²) in [7, 11) is -7.34. The summed E-state index contributed by atoms with van der Waals surface area (Å²) in [6.45, 7) is 18.0. The number of carbonyl (C=O) groups is 1. The monoisotopic (exact) mass is 586 g/mol. The molecule has 0 aromatic rings. The lowest BCUT2D eigenvalue weighted by atomic mass is 9.84. The summed E-state index contributed by atoms with van der Waals surface area (Å²) in [5.74, 6) is -13.4. The zero-order chi connectivity index (χ0) is 29.6. The van der Waals surface area contributed by atoms with E-state index in [9.17, 15) is 57.3 Å². The van der Waals surface area contributed by atoms with E-state index in [0.29, 0.717) is 5.78 Å². The van der Waals surface area contributed by atoms with Gasteiger partial charge in [0.25, 0.3) is 0 Å². The number of ketones is 1. The second-order valence-electron chi connectivity index (χ2n) is 9.86. The molecular weight excluding hydrogens is 555 g/mol. The van der Waals surface area contributed by atoms with Gasteiger partial charge in [-0.05, 0) is 41.0 Å². The van der Waals surface area contributed by atoms with Gasteiger partial charge in [0, 0.05) is 16.3 Å². The number of halogens is 9. The van der Waals surface area contributed by atoms with E-state index in [4.69, 9.17) is 4.74 Å². The topological polar surface area (TPSA) is 83.5 Å². The van der Waals surface area contributed by atoms with Crippen LogP contribution in [0.1, 0.15) is 61.8 Å². The minimum absolute atomic E-state index is 0.0458. The average molecular weight is 587 g/mol. The summed E-state index contributed by atoms with van der Waals surface area (Å²) in [4.78, 5) is 12.8. The smallest absolute Gasteiger partial charge is 0.460 e. The van der Waals surface area contributed by atoms with Crippen molar-refractivity contribution in [3.63, 3.8) is 0 Å². The highest BCUT2D eigenvalue weighted by Crippen LogP contribution is 2.54. The molecule has 1 rings (SSSR count). The Morgan fingerprint density at radius 3 is 1.72 bits per heavy atom. The first kappa shape index (κ1) is 35.3. The van der Waals surface area contributed by atoms with Crippen LogP contribution in [0.25, 0.3) is 0 Å². The van der Waals surface area contributed by atoms with Gasteiger partial charge >= 0.3 is 23.3 Å². The summed E-state index contributed by atoms with van der Waals surface area (Å²) >= 11 is 0. The van der Waals surface area contributed by atoms with E-state index in [0.717, 1.165) is 18.8 Å². The predicted molar refractivity (Wildman–Crippen MR) is 115 cm³/mol. The van der Waals surface area contributed by atoms with Crippen molar-refractivity contribution >= 4 is 26.8 Å². The third-order valence-corrected chi connectivity index (χ3v) is 11.0. The Hall–Kier alpha value is -0.740. The number of carbonyl (C=O) groups excluding carboxylic acids is 1. The Labute approximate surface area is 207 Å². The molecule has 0 spiro atoms. The van der Waals surface area contributed by atoms with Gasteiger partial charge in [0.2, 0.25) is 0 Å². The van der Waals surface area contributed by atoms with Crippen LogP contribution < -0.4 is 0 Å². The van der Waals surface area contributed by atoms with Crippen LogP contribution in [0.5, 0.6) is 0 Å². The molecule has 36 heavy (non-hydrogen) atoms. The van der Waals surface area contributed by atoms with Crippen molar-refractivity contribution in [1.29, 1.82) is 0 Å². The van der Waals surface area contributed by atoms with Crippen LogP contribution in [-0.4, -0.2) is 70.0 Å². The van der Waals surface area contributed by atoms with E-state index < -0.39 is 33.4 Å². The van der Waals surface area contributed by atoms with E-state index in [1.807, 2.05) is 0 Å². The van der Waals surface area contributed by atoms with Crippen LogP contribution in [0, 0.1) is 5.41 Å². The summed E-state index contributed by atoms with van der Waals surface area (Å²) in [5, 5.41) is -6.98. The van der Waals surface area contributed by atoms with Gasteiger partial charge in [-0.25, -0.2) is 8.42 Å². The molecule has 16 heteroatoms. The minimum atomic E-state index is -7.43. The number of Topliss-reactive ketones (excluding diaryl/α,β-unsaturated/α-hetero) is 1. The van der Waals surface area contributed by atoms with Gasteiger partial charge in [-0.2, -0.15) is 39.5 Å². The summed E-state index contributed by atoms with van der Waals surface area (Å²) in [6, 6.07) is 0. The SMILES string of the molecule is CCC(C)(C)C(=O)C(C)[S+]1CCOC(C)(C)C1(C)C.O=S(=O)([O-])C(F)(F)C(F)(F)C(F)(F)C(F)(F)F. The second kappa shape index (κ2) is 10.4. The van der Waals surface area contributed by atoms with Crippen molar-refractivity contribution in [2.75, 3.05) is 12.4 Å². The number of hydrogen-bond donors (Lipinski definition) is 0. The zero-order valence-corrected chi connectivity index (χ0v) is 22.6. The molecule has 2 unspecified atom stereocenters. The van der Waals surface area contributed by atoms with Gasteiger partial charge in [-0.3, -0.25) is 4.79 Å². The maximum absolute atomic E-state index is 12.8. The largest absolute Gasteiger partial charge is 0.743 e.